The van der Waals surface area contributed by atoms with E-state index in [4.69, 9.17) is 9.84 Å². The van der Waals surface area contributed by atoms with Crippen molar-refractivity contribution in [3.05, 3.63) is 28.7 Å². The molecule has 0 atom stereocenters. The summed E-state index contributed by atoms with van der Waals surface area (Å²) in [6.45, 7) is 1.98. The molecule has 22 heavy (non-hydrogen) atoms. The number of fused-ring (bicyclic) bond motifs is 1. The minimum absolute atomic E-state index is 0.147. The molecule has 1 N–H and O–H groups in total. The van der Waals surface area contributed by atoms with Crippen LogP contribution in [0.1, 0.15) is 39.9 Å². The van der Waals surface area contributed by atoms with E-state index in [0.29, 0.717) is 29.7 Å². The molecule has 1 heterocycles. The Hall–Kier alpha value is -2.15. The Kier molecular flexibility index (Phi) is 4.97. The summed E-state index contributed by atoms with van der Waals surface area (Å²) in [6, 6.07) is 0. The highest BCUT2D eigenvalue weighted by molar-refractivity contribution is 6.11. The summed E-state index contributed by atoms with van der Waals surface area (Å²) in [7, 11) is 3.70. The summed E-state index contributed by atoms with van der Waals surface area (Å²) in [5.74, 6) is -0.672. The number of aliphatic hydroxyl groups is 1. The largest absolute Gasteiger partial charge is 0.461 e. The topological polar surface area (TPSA) is 84.7 Å². The lowest BCUT2D eigenvalue weighted by Crippen LogP contribution is -2.21. The molecule has 2 rings (SSSR count). The van der Waals surface area contributed by atoms with Crippen molar-refractivity contribution >= 4 is 11.8 Å². The first kappa shape index (κ1) is 16.2. The van der Waals surface area contributed by atoms with Gasteiger partial charge in [-0.2, -0.15) is 5.10 Å². The van der Waals surface area contributed by atoms with E-state index >= 15 is 0 Å². The lowest BCUT2D eigenvalue weighted by atomic mass is 9.90. The lowest BCUT2D eigenvalue weighted by molar-refractivity contribution is 0.0516. The number of nitrogens with zero attached hydrogens (tertiary/aromatic N) is 3. The number of ether oxygens (including phenoxy) is 1. The van der Waals surface area contributed by atoms with Crippen molar-refractivity contribution in [3.63, 3.8) is 0 Å². The molecule has 120 valence electrons. The molecule has 0 spiro atoms. The van der Waals surface area contributed by atoms with Gasteiger partial charge in [0, 0.05) is 31.4 Å². The van der Waals surface area contributed by atoms with E-state index in [0.717, 1.165) is 0 Å². The van der Waals surface area contributed by atoms with Crippen LogP contribution in [0.3, 0.4) is 0 Å². The maximum atomic E-state index is 12.7. The molecule has 0 amide bonds. The van der Waals surface area contributed by atoms with Gasteiger partial charge in [0.05, 0.1) is 19.8 Å². The number of aliphatic hydroxyl groups excluding tert-OH is 1. The molecular formula is C15H21N3O4. The second-order valence-electron chi connectivity index (χ2n) is 5.29. The van der Waals surface area contributed by atoms with Gasteiger partial charge in [-0.25, -0.2) is 4.79 Å². The molecule has 0 aromatic carbocycles. The molecule has 0 saturated heterocycles. The quantitative estimate of drug-likeness (QED) is 0.634. The third-order valence-corrected chi connectivity index (χ3v) is 3.40. The second kappa shape index (κ2) is 6.74. The van der Waals surface area contributed by atoms with E-state index in [-0.39, 0.29) is 31.2 Å². The number of carbonyl (C=O) groups excluding carboxylic acids is 2. The van der Waals surface area contributed by atoms with Gasteiger partial charge in [-0.3, -0.25) is 9.48 Å². The summed E-state index contributed by atoms with van der Waals surface area (Å²) in [6.07, 6.45) is 2.90. The molecule has 1 aliphatic carbocycles. The fraction of sp³-hybridized carbons (Fsp3) is 0.533. The molecule has 0 fully saturated rings. The maximum Gasteiger partial charge on any atom is 0.359 e. The first-order valence-electron chi connectivity index (χ1n) is 7.29. The van der Waals surface area contributed by atoms with Crippen molar-refractivity contribution in [2.75, 3.05) is 27.3 Å². The molecule has 1 aromatic rings. The first-order valence-corrected chi connectivity index (χ1v) is 7.29. The second-order valence-corrected chi connectivity index (χ2v) is 5.29. The molecule has 0 aliphatic heterocycles. The zero-order chi connectivity index (χ0) is 16.3. The average molecular weight is 307 g/mol. The van der Waals surface area contributed by atoms with Crippen molar-refractivity contribution < 1.29 is 19.4 Å². The van der Waals surface area contributed by atoms with Crippen LogP contribution in [-0.4, -0.2) is 58.8 Å². The van der Waals surface area contributed by atoms with Crippen LogP contribution < -0.4 is 0 Å². The maximum absolute atomic E-state index is 12.7. The summed E-state index contributed by atoms with van der Waals surface area (Å²) < 4.78 is 6.41. The summed E-state index contributed by atoms with van der Waals surface area (Å²) in [4.78, 5) is 26.5. The first-order chi connectivity index (χ1) is 10.5. The van der Waals surface area contributed by atoms with Crippen molar-refractivity contribution in [1.82, 2.24) is 14.7 Å². The standard InChI is InChI=1S/C15H21N3O4/c1-4-22-15(21)12-11-6-5-10(9-17(2)3)14(20)13(11)18(16-12)7-8-19/h9,19H,4-8H2,1-3H3/b10-9+. The summed E-state index contributed by atoms with van der Waals surface area (Å²) in [5.41, 5.74) is 1.86. The van der Waals surface area contributed by atoms with Crippen LogP contribution in [0.2, 0.25) is 0 Å². The van der Waals surface area contributed by atoms with Gasteiger partial charge in [0.25, 0.3) is 0 Å². The third-order valence-electron chi connectivity index (χ3n) is 3.40. The molecule has 1 aliphatic rings. The van der Waals surface area contributed by atoms with Gasteiger partial charge in [-0.05, 0) is 19.8 Å². The van der Waals surface area contributed by atoms with Crippen molar-refractivity contribution in [3.8, 4) is 0 Å². The van der Waals surface area contributed by atoms with Gasteiger partial charge < -0.3 is 14.7 Å². The molecular weight excluding hydrogens is 286 g/mol. The SMILES string of the molecule is CCOC(=O)c1nn(CCO)c2c1CC/C(=C\N(C)C)C2=O. The molecule has 0 radical (unpaired) electrons. The number of hydrogen-bond donors (Lipinski definition) is 1. The predicted molar refractivity (Wildman–Crippen MR) is 79.7 cm³/mol. The summed E-state index contributed by atoms with van der Waals surface area (Å²) in [5, 5.41) is 13.3. The Labute approximate surface area is 129 Å². The molecule has 0 unspecified atom stereocenters. The molecule has 1 aromatic heterocycles. The number of hydrogen-bond acceptors (Lipinski definition) is 6. The minimum atomic E-state index is -0.525. The average Bonchev–Trinajstić information content (AvgIpc) is 2.82. The van der Waals surface area contributed by atoms with Gasteiger partial charge in [0.2, 0.25) is 5.78 Å². The Morgan fingerprint density at radius 2 is 2.18 bits per heavy atom. The van der Waals surface area contributed by atoms with Gasteiger partial charge in [0.1, 0.15) is 5.69 Å². The number of ketones is 1. The van der Waals surface area contributed by atoms with Crippen molar-refractivity contribution in [1.29, 1.82) is 0 Å². The van der Waals surface area contributed by atoms with E-state index in [2.05, 4.69) is 5.10 Å². The molecule has 0 saturated carbocycles. The van der Waals surface area contributed by atoms with E-state index in [1.807, 2.05) is 19.0 Å². The van der Waals surface area contributed by atoms with Gasteiger partial charge in [0.15, 0.2) is 5.69 Å². The zero-order valence-corrected chi connectivity index (χ0v) is 13.1. The van der Waals surface area contributed by atoms with E-state index in [9.17, 15) is 9.59 Å². The van der Waals surface area contributed by atoms with Crippen LogP contribution in [0.25, 0.3) is 0 Å². The number of allylic oxidation sites excluding steroid dienone is 1. The van der Waals surface area contributed by atoms with Crippen LogP contribution in [-0.2, 0) is 17.7 Å². The van der Waals surface area contributed by atoms with Crippen LogP contribution in [0.15, 0.2) is 11.8 Å². The third kappa shape index (κ3) is 3.04. The molecule has 7 nitrogen and oxygen atoms in total. The highest BCUT2D eigenvalue weighted by Crippen LogP contribution is 2.28. The minimum Gasteiger partial charge on any atom is -0.461 e. The highest BCUT2D eigenvalue weighted by Gasteiger charge is 2.32. The number of aromatic nitrogens is 2. The smallest absolute Gasteiger partial charge is 0.359 e. The van der Waals surface area contributed by atoms with Gasteiger partial charge in [-0.1, -0.05) is 0 Å². The Balaban J connectivity index is 2.49. The van der Waals surface area contributed by atoms with Crippen LogP contribution in [0.4, 0.5) is 0 Å². The van der Waals surface area contributed by atoms with Crippen LogP contribution >= 0.6 is 0 Å². The van der Waals surface area contributed by atoms with Crippen LogP contribution in [0.5, 0.6) is 0 Å². The number of carbonyl (C=O) groups is 2. The normalized spacial score (nSPS) is 15.8. The monoisotopic (exact) mass is 307 g/mol. The molecule has 7 heteroatoms. The fourth-order valence-electron chi connectivity index (χ4n) is 2.57. The van der Waals surface area contributed by atoms with Gasteiger partial charge in [-0.15, -0.1) is 0 Å². The molecule has 0 bridgehead atoms. The van der Waals surface area contributed by atoms with Crippen LogP contribution in [0, 0.1) is 0 Å². The Morgan fingerprint density at radius 1 is 1.45 bits per heavy atom. The Morgan fingerprint density at radius 3 is 2.77 bits per heavy atom. The van der Waals surface area contributed by atoms with Crippen molar-refractivity contribution in [2.24, 2.45) is 0 Å². The summed E-state index contributed by atoms with van der Waals surface area (Å²) >= 11 is 0. The lowest BCUT2D eigenvalue weighted by Gasteiger charge is -2.18. The van der Waals surface area contributed by atoms with E-state index < -0.39 is 5.97 Å². The number of rotatable bonds is 5. The van der Waals surface area contributed by atoms with E-state index in [1.54, 1.807) is 13.1 Å². The van der Waals surface area contributed by atoms with Gasteiger partial charge >= 0.3 is 5.97 Å². The highest BCUT2D eigenvalue weighted by atomic mass is 16.5. The number of esters is 1. The van der Waals surface area contributed by atoms with Crippen molar-refractivity contribution in [2.45, 2.75) is 26.3 Å². The zero-order valence-electron chi connectivity index (χ0n) is 13.1. The fourth-order valence-corrected chi connectivity index (χ4v) is 2.57. The number of Topliss-reactive ketones (excluding diaryl/α,β-unsaturated/α-hetero) is 1. The Bertz CT molecular complexity index is 617. The van der Waals surface area contributed by atoms with E-state index in [1.165, 1.54) is 4.68 Å². The predicted octanol–water partition coefficient (Wildman–Crippen LogP) is 0.627.